The van der Waals surface area contributed by atoms with Gasteiger partial charge in [0.1, 0.15) is 5.82 Å². The highest BCUT2D eigenvalue weighted by molar-refractivity contribution is 5.50. The molecule has 0 spiro atoms. The van der Waals surface area contributed by atoms with E-state index < -0.39 is 0 Å². The van der Waals surface area contributed by atoms with E-state index in [1.807, 2.05) is 13.0 Å². The van der Waals surface area contributed by atoms with Gasteiger partial charge in [0.2, 0.25) is 0 Å². The second-order valence-electron chi connectivity index (χ2n) is 3.16. The molecule has 72 valence electrons. The molecule has 0 radical (unpaired) electrons. The van der Waals surface area contributed by atoms with Crippen molar-refractivity contribution in [2.24, 2.45) is 0 Å². The van der Waals surface area contributed by atoms with E-state index in [0.29, 0.717) is 12.2 Å². The first kappa shape index (κ1) is 9.80. The number of hydrogen-bond acceptors (Lipinski definition) is 4. The van der Waals surface area contributed by atoms with Gasteiger partial charge in [-0.05, 0) is 25.5 Å². The van der Waals surface area contributed by atoms with Crippen LogP contribution in [0.15, 0.2) is 12.3 Å². The molecule has 0 saturated heterocycles. The summed E-state index contributed by atoms with van der Waals surface area (Å²) in [7, 11) is 0. The maximum atomic E-state index is 9.04. The summed E-state index contributed by atoms with van der Waals surface area (Å²) in [6, 6.07) is 1.84. The molecule has 0 aliphatic rings. The Labute approximate surface area is 77.8 Å². The fourth-order valence-corrected chi connectivity index (χ4v) is 1.03. The predicted molar refractivity (Wildman–Crippen MR) is 53.6 cm³/mol. The van der Waals surface area contributed by atoms with Gasteiger partial charge in [-0.2, -0.15) is 0 Å². The molecular formula is C9H15N3O. The lowest BCUT2D eigenvalue weighted by atomic mass is 10.2. The molecule has 4 nitrogen and oxygen atoms in total. The lowest BCUT2D eigenvalue weighted by Gasteiger charge is -2.09. The number of hydrogen-bond donors (Lipinski definition) is 3. The van der Waals surface area contributed by atoms with Crippen molar-refractivity contribution in [3.8, 4) is 0 Å². The van der Waals surface area contributed by atoms with Crippen molar-refractivity contribution >= 4 is 11.5 Å². The Morgan fingerprint density at radius 2 is 2.38 bits per heavy atom. The number of aliphatic hydroxyl groups is 1. The van der Waals surface area contributed by atoms with Gasteiger partial charge in [0.05, 0.1) is 18.0 Å². The molecule has 4 N–H and O–H groups in total. The van der Waals surface area contributed by atoms with Crippen LogP contribution in [0.1, 0.15) is 12.5 Å². The molecular weight excluding hydrogens is 166 g/mol. The zero-order valence-electron chi connectivity index (χ0n) is 7.91. The number of aromatic nitrogens is 1. The molecule has 1 unspecified atom stereocenters. The van der Waals surface area contributed by atoms with Gasteiger partial charge in [0.25, 0.3) is 0 Å². The molecule has 13 heavy (non-hydrogen) atoms. The standard InChI is InChI=1S/C9H15N3O/c1-6-3-8(10)5-12-9(6)11-4-7(2)13/h3,5,7,13H,4,10H2,1-2H3,(H,11,12). The largest absolute Gasteiger partial charge is 0.397 e. The lowest BCUT2D eigenvalue weighted by Crippen LogP contribution is -2.16. The summed E-state index contributed by atoms with van der Waals surface area (Å²) >= 11 is 0. The highest BCUT2D eigenvalue weighted by Gasteiger charge is 2.00. The van der Waals surface area contributed by atoms with Gasteiger partial charge in [-0.3, -0.25) is 0 Å². The van der Waals surface area contributed by atoms with E-state index in [1.54, 1.807) is 13.1 Å². The molecule has 1 aromatic rings. The van der Waals surface area contributed by atoms with Crippen molar-refractivity contribution in [1.29, 1.82) is 0 Å². The van der Waals surface area contributed by atoms with E-state index in [-0.39, 0.29) is 6.10 Å². The summed E-state index contributed by atoms with van der Waals surface area (Å²) in [5.41, 5.74) is 7.18. The van der Waals surface area contributed by atoms with Gasteiger partial charge in [0.15, 0.2) is 0 Å². The second-order valence-corrected chi connectivity index (χ2v) is 3.16. The highest BCUT2D eigenvalue weighted by atomic mass is 16.3. The molecule has 1 heterocycles. The van der Waals surface area contributed by atoms with Crippen LogP contribution in [0.25, 0.3) is 0 Å². The van der Waals surface area contributed by atoms with Gasteiger partial charge in [-0.25, -0.2) is 4.98 Å². The van der Waals surface area contributed by atoms with Crippen LogP contribution in [0.3, 0.4) is 0 Å². The third kappa shape index (κ3) is 2.91. The fourth-order valence-electron chi connectivity index (χ4n) is 1.03. The van der Waals surface area contributed by atoms with Crippen molar-refractivity contribution in [2.75, 3.05) is 17.6 Å². The SMILES string of the molecule is Cc1cc(N)cnc1NCC(C)O. The lowest BCUT2D eigenvalue weighted by molar-refractivity contribution is 0.208. The van der Waals surface area contributed by atoms with Gasteiger partial charge in [-0.1, -0.05) is 0 Å². The third-order valence-corrected chi connectivity index (χ3v) is 1.66. The number of nitrogens with two attached hydrogens (primary N) is 1. The molecule has 0 saturated carbocycles. The highest BCUT2D eigenvalue weighted by Crippen LogP contribution is 2.13. The van der Waals surface area contributed by atoms with E-state index in [0.717, 1.165) is 11.4 Å². The molecule has 0 amide bonds. The molecule has 0 aliphatic carbocycles. The Bertz CT molecular complexity index is 286. The van der Waals surface area contributed by atoms with Crippen molar-refractivity contribution in [2.45, 2.75) is 20.0 Å². The van der Waals surface area contributed by atoms with Crippen LogP contribution >= 0.6 is 0 Å². The zero-order chi connectivity index (χ0) is 9.84. The molecule has 0 fully saturated rings. The summed E-state index contributed by atoms with van der Waals surface area (Å²) in [5, 5.41) is 12.1. The van der Waals surface area contributed by atoms with Crippen LogP contribution < -0.4 is 11.1 Å². The summed E-state index contributed by atoms with van der Waals surface area (Å²) in [6.45, 7) is 4.14. The molecule has 0 aromatic carbocycles. The summed E-state index contributed by atoms with van der Waals surface area (Å²) < 4.78 is 0. The Hall–Kier alpha value is -1.29. The first-order valence-corrected chi connectivity index (χ1v) is 4.23. The van der Waals surface area contributed by atoms with Crippen LogP contribution in [0, 0.1) is 6.92 Å². The minimum Gasteiger partial charge on any atom is -0.397 e. The smallest absolute Gasteiger partial charge is 0.129 e. The van der Waals surface area contributed by atoms with Crippen LogP contribution in [-0.4, -0.2) is 22.7 Å². The number of nitrogens with one attached hydrogen (secondary N) is 1. The van der Waals surface area contributed by atoms with Crippen molar-refractivity contribution in [3.63, 3.8) is 0 Å². The molecule has 0 aliphatic heterocycles. The summed E-state index contributed by atoms with van der Waals surface area (Å²) in [4.78, 5) is 4.10. The normalized spacial score (nSPS) is 12.5. The minimum atomic E-state index is -0.376. The summed E-state index contributed by atoms with van der Waals surface area (Å²) in [6.07, 6.45) is 1.22. The van der Waals surface area contributed by atoms with Gasteiger partial charge in [-0.15, -0.1) is 0 Å². The van der Waals surface area contributed by atoms with E-state index >= 15 is 0 Å². The quantitative estimate of drug-likeness (QED) is 0.644. The Morgan fingerprint density at radius 3 is 2.92 bits per heavy atom. The van der Waals surface area contributed by atoms with Crippen LogP contribution in [0.2, 0.25) is 0 Å². The van der Waals surface area contributed by atoms with Gasteiger partial charge in [0, 0.05) is 6.54 Å². The number of nitrogens with zero attached hydrogens (tertiary/aromatic N) is 1. The van der Waals surface area contributed by atoms with Crippen LogP contribution in [-0.2, 0) is 0 Å². The van der Waals surface area contributed by atoms with E-state index in [1.165, 1.54) is 0 Å². The van der Waals surface area contributed by atoms with Crippen molar-refractivity contribution < 1.29 is 5.11 Å². The van der Waals surface area contributed by atoms with Crippen LogP contribution in [0.5, 0.6) is 0 Å². The monoisotopic (exact) mass is 181 g/mol. The number of aryl methyl sites for hydroxylation is 1. The summed E-state index contributed by atoms with van der Waals surface area (Å²) in [5.74, 6) is 0.773. The first-order valence-electron chi connectivity index (χ1n) is 4.23. The maximum Gasteiger partial charge on any atom is 0.129 e. The van der Waals surface area contributed by atoms with Gasteiger partial charge < -0.3 is 16.2 Å². The average molecular weight is 181 g/mol. The first-order chi connectivity index (χ1) is 6.09. The van der Waals surface area contributed by atoms with E-state index in [2.05, 4.69) is 10.3 Å². The Morgan fingerprint density at radius 1 is 1.69 bits per heavy atom. The third-order valence-electron chi connectivity index (χ3n) is 1.66. The number of aliphatic hydroxyl groups excluding tert-OH is 1. The Balaban J connectivity index is 2.67. The molecule has 1 rings (SSSR count). The van der Waals surface area contributed by atoms with Gasteiger partial charge >= 0.3 is 0 Å². The molecule has 0 bridgehead atoms. The molecule has 1 atom stereocenters. The predicted octanol–water partition coefficient (Wildman–Crippen LogP) is 0.765. The Kier molecular flexibility index (Phi) is 3.08. The van der Waals surface area contributed by atoms with E-state index in [4.69, 9.17) is 10.8 Å². The number of pyridine rings is 1. The zero-order valence-corrected chi connectivity index (χ0v) is 7.91. The average Bonchev–Trinajstić information content (AvgIpc) is 2.02. The van der Waals surface area contributed by atoms with Crippen LogP contribution in [0.4, 0.5) is 11.5 Å². The number of nitrogen functional groups attached to an aromatic ring is 1. The maximum absolute atomic E-state index is 9.04. The number of rotatable bonds is 3. The minimum absolute atomic E-state index is 0.376. The molecule has 4 heteroatoms. The van der Waals surface area contributed by atoms with Crippen molar-refractivity contribution in [3.05, 3.63) is 17.8 Å². The second kappa shape index (κ2) is 4.09. The van der Waals surface area contributed by atoms with Crippen molar-refractivity contribution in [1.82, 2.24) is 4.98 Å². The topological polar surface area (TPSA) is 71.2 Å². The molecule has 1 aromatic heterocycles. The number of anilines is 2. The van der Waals surface area contributed by atoms with E-state index in [9.17, 15) is 0 Å². The fraction of sp³-hybridized carbons (Fsp3) is 0.444.